The number of benzene rings is 2. The molecule has 0 amide bonds. The summed E-state index contributed by atoms with van der Waals surface area (Å²) in [6, 6.07) is 12.1. The number of hydrogen-bond acceptors (Lipinski definition) is 4. The first-order valence-electron chi connectivity index (χ1n) is 11.1. The summed E-state index contributed by atoms with van der Waals surface area (Å²) in [5, 5.41) is 2.08. The standard InChI is InChI=1S/C26H30B2O4/c1-23(2)24(3,4)30-27(29-23)17-15-19-13-14-20(22-12-10-9-11-21(19)22)16-18-28-31-25(5,6)26(7,8)32-28/h9-14H,1-8H3. The van der Waals surface area contributed by atoms with Crippen molar-refractivity contribution < 1.29 is 18.6 Å². The quantitative estimate of drug-likeness (QED) is 0.446. The molecular formula is C26H30B2O4. The van der Waals surface area contributed by atoms with Crippen molar-refractivity contribution in [2.24, 2.45) is 0 Å². The Morgan fingerprint density at radius 3 is 1.16 bits per heavy atom. The molecule has 0 unspecified atom stereocenters. The fraction of sp³-hybridized carbons (Fsp3) is 0.462. The van der Waals surface area contributed by atoms with Gasteiger partial charge in [0.25, 0.3) is 0 Å². The molecule has 2 fully saturated rings. The Kier molecular flexibility index (Phi) is 5.51. The van der Waals surface area contributed by atoms with E-state index in [0.29, 0.717) is 0 Å². The van der Waals surface area contributed by atoms with Crippen LogP contribution in [0.3, 0.4) is 0 Å². The van der Waals surface area contributed by atoms with Crippen molar-refractivity contribution >= 4 is 25.0 Å². The molecule has 164 valence electrons. The molecule has 2 aromatic carbocycles. The summed E-state index contributed by atoms with van der Waals surface area (Å²) in [5.41, 5.74) is 0.221. The molecule has 6 heteroatoms. The minimum atomic E-state index is -0.554. The molecule has 2 heterocycles. The van der Waals surface area contributed by atoms with E-state index in [1.807, 2.05) is 79.7 Å². The smallest absolute Gasteiger partial charge is 0.392 e. The molecule has 0 saturated carbocycles. The summed E-state index contributed by atoms with van der Waals surface area (Å²) < 4.78 is 24.0. The van der Waals surface area contributed by atoms with Crippen molar-refractivity contribution in [3.05, 3.63) is 47.5 Å². The Morgan fingerprint density at radius 2 is 0.844 bits per heavy atom. The van der Waals surface area contributed by atoms with Gasteiger partial charge in [0.1, 0.15) is 0 Å². The van der Waals surface area contributed by atoms with E-state index in [1.165, 1.54) is 0 Å². The third-order valence-electron chi connectivity index (χ3n) is 7.08. The van der Waals surface area contributed by atoms with Gasteiger partial charge in [-0.2, -0.15) is 0 Å². The maximum absolute atomic E-state index is 6.00. The number of fused-ring (bicyclic) bond motifs is 1. The molecule has 0 aromatic heterocycles. The second-order valence-corrected chi connectivity index (χ2v) is 10.4. The molecular weight excluding hydrogens is 398 g/mol. The summed E-state index contributed by atoms with van der Waals surface area (Å²) in [7, 11) is -1.11. The first-order chi connectivity index (χ1) is 14.8. The van der Waals surface area contributed by atoms with Crippen LogP contribution in [0, 0.1) is 23.5 Å². The van der Waals surface area contributed by atoms with E-state index in [2.05, 4.69) is 35.6 Å². The SMILES string of the molecule is CC1(C)OB(C#Cc2ccc(C#CB3OC(C)(C)C(C)(C)O3)c3ccccc23)OC1(C)C. The van der Waals surface area contributed by atoms with Crippen LogP contribution in [0.4, 0.5) is 0 Å². The highest BCUT2D eigenvalue weighted by Crippen LogP contribution is 2.37. The first kappa shape index (κ1) is 23.0. The molecule has 0 N–H and O–H groups in total. The number of hydrogen-bond donors (Lipinski definition) is 0. The van der Waals surface area contributed by atoms with Crippen LogP contribution in [-0.2, 0) is 18.6 Å². The van der Waals surface area contributed by atoms with Gasteiger partial charge in [-0.25, -0.2) is 0 Å². The minimum absolute atomic E-state index is 0.401. The molecule has 0 atom stereocenters. The van der Waals surface area contributed by atoms with Crippen LogP contribution < -0.4 is 0 Å². The monoisotopic (exact) mass is 428 g/mol. The van der Waals surface area contributed by atoms with Crippen LogP contribution in [-0.4, -0.2) is 36.6 Å². The van der Waals surface area contributed by atoms with Gasteiger partial charge in [-0.15, -0.1) is 0 Å². The summed E-state index contributed by atoms with van der Waals surface area (Å²) in [4.78, 5) is 0. The van der Waals surface area contributed by atoms with Crippen LogP contribution in [0.15, 0.2) is 36.4 Å². The Labute approximate surface area is 192 Å². The molecule has 0 spiro atoms. The van der Waals surface area contributed by atoms with Crippen molar-refractivity contribution in [1.82, 2.24) is 0 Å². The zero-order valence-electron chi connectivity index (χ0n) is 20.3. The fourth-order valence-electron chi connectivity index (χ4n) is 3.59. The normalized spacial score (nSPS) is 22.2. The van der Waals surface area contributed by atoms with Crippen molar-refractivity contribution in [1.29, 1.82) is 0 Å². The lowest BCUT2D eigenvalue weighted by molar-refractivity contribution is 0.00578. The van der Waals surface area contributed by atoms with Crippen molar-refractivity contribution in [3.63, 3.8) is 0 Å². The van der Waals surface area contributed by atoms with Gasteiger partial charge in [-0.1, -0.05) is 47.7 Å². The van der Waals surface area contributed by atoms with Gasteiger partial charge >= 0.3 is 14.2 Å². The van der Waals surface area contributed by atoms with Gasteiger partial charge in [0.2, 0.25) is 0 Å². The maximum Gasteiger partial charge on any atom is 0.551 e. The van der Waals surface area contributed by atoms with Gasteiger partial charge in [0.15, 0.2) is 0 Å². The van der Waals surface area contributed by atoms with Crippen LogP contribution in [0.5, 0.6) is 0 Å². The van der Waals surface area contributed by atoms with Crippen LogP contribution >= 0.6 is 0 Å². The topological polar surface area (TPSA) is 36.9 Å². The van der Waals surface area contributed by atoms with E-state index < -0.39 is 36.6 Å². The van der Waals surface area contributed by atoms with Gasteiger partial charge in [-0.3, -0.25) is 0 Å². The van der Waals surface area contributed by atoms with E-state index in [4.69, 9.17) is 18.6 Å². The molecule has 4 nitrogen and oxygen atoms in total. The minimum Gasteiger partial charge on any atom is -0.392 e. The zero-order valence-corrected chi connectivity index (χ0v) is 20.3. The highest BCUT2D eigenvalue weighted by Gasteiger charge is 2.51. The maximum atomic E-state index is 6.00. The lowest BCUT2D eigenvalue weighted by atomic mass is 9.89. The van der Waals surface area contributed by atoms with Gasteiger partial charge < -0.3 is 18.6 Å². The largest absolute Gasteiger partial charge is 0.551 e. The van der Waals surface area contributed by atoms with Crippen LogP contribution in [0.25, 0.3) is 10.8 Å². The lowest BCUT2D eigenvalue weighted by Gasteiger charge is -2.32. The second-order valence-electron chi connectivity index (χ2n) is 10.4. The highest BCUT2D eigenvalue weighted by molar-refractivity contribution is 6.56. The van der Waals surface area contributed by atoms with Crippen molar-refractivity contribution in [3.8, 4) is 23.5 Å². The van der Waals surface area contributed by atoms with Gasteiger partial charge in [0, 0.05) is 11.1 Å². The number of rotatable bonds is 0. The van der Waals surface area contributed by atoms with Crippen molar-refractivity contribution in [2.45, 2.75) is 77.8 Å². The molecule has 2 saturated heterocycles. The third kappa shape index (κ3) is 4.09. The fourth-order valence-corrected chi connectivity index (χ4v) is 3.59. The van der Waals surface area contributed by atoms with Crippen LogP contribution in [0.2, 0.25) is 0 Å². The van der Waals surface area contributed by atoms with Crippen LogP contribution in [0.1, 0.15) is 66.5 Å². The van der Waals surface area contributed by atoms with E-state index in [0.717, 1.165) is 21.9 Å². The van der Waals surface area contributed by atoms with E-state index >= 15 is 0 Å². The Balaban J connectivity index is 1.62. The molecule has 2 aliphatic rings. The predicted molar refractivity (Wildman–Crippen MR) is 130 cm³/mol. The zero-order chi connectivity index (χ0) is 23.4. The van der Waals surface area contributed by atoms with E-state index in [9.17, 15) is 0 Å². The molecule has 0 radical (unpaired) electrons. The van der Waals surface area contributed by atoms with E-state index in [-0.39, 0.29) is 0 Å². The van der Waals surface area contributed by atoms with Gasteiger partial charge in [0.05, 0.1) is 22.4 Å². The molecule has 0 aliphatic carbocycles. The second kappa shape index (κ2) is 7.68. The lowest BCUT2D eigenvalue weighted by Crippen LogP contribution is -2.41. The van der Waals surface area contributed by atoms with Crippen molar-refractivity contribution in [2.75, 3.05) is 0 Å². The van der Waals surface area contributed by atoms with E-state index in [1.54, 1.807) is 0 Å². The summed E-state index contributed by atoms with van der Waals surface area (Å²) >= 11 is 0. The third-order valence-corrected chi connectivity index (χ3v) is 7.08. The van der Waals surface area contributed by atoms with Gasteiger partial charge in [-0.05, 0) is 78.3 Å². The molecule has 2 aromatic rings. The average Bonchev–Trinajstić information content (AvgIpc) is 3.03. The molecule has 4 rings (SSSR count). The summed E-state index contributed by atoms with van der Waals surface area (Å²) in [6.07, 6.45) is 0. The highest BCUT2D eigenvalue weighted by atomic mass is 16.7. The first-order valence-corrected chi connectivity index (χ1v) is 11.1. The summed E-state index contributed by atoms with van der Waals surface area (Å²) in [6.45, 7) is 16.2. The average molecular weight is 428 g/mol. The predicted octanol–water partition coefficient (Wildman–Crippen LogP) is 4.81. The Bertz CT molecular complexity index is 1050. The molecule has 32 heavy (non-hydrogen) atoms. The Morgan fingerprint density at radius 1 is 0.531 bits per heavy atom. The summed E-state index contributed by atoms with van der Waals surface area (Å²) in [5.74, 6) is 12.8. The Hall–Kier alpha value is -2.21. The molecule has 0 bridgehead atoms. The molecule has 2 aliphatic heterocycles.